The van der Waals surface area contributed by atoms with Gasteiger partial charge in [0, 0.05) is 16.7 Å². The summed E-state index contributed by atoms with van der Waals surface area (Å²) in [6.45, 7) is 1.52. The van der Waals surface area contributed by atoms with E-state index in [9.17, 15) is 14.0 Å². The lowest BCUT2D eigenvalue weighted by molar-refractivity contribution is -0.119. The predicted molar refractivity (Wildman–Crippen MR) is 98.7 cm³/mol. The number of hydrogen-bond acceptors (Lipinski definition) is 3. The van der Waals surface area contributed by atoms with Gasteiger partial charge in [0.05, 0.1) is 11.4 Å². The Labute approximate surface area is 154 Å². The van der Waals surface area contributed by atoms with Crippen molar-refractivity contribution in [2.45, 2.75) is 13.0 Å². The van der Waals surface area contributed by atoms with Crippen LogP contribution in [0, 0.1) is 5.82 Å². The molecule has 3 rings (SSSR count). The largest absolute Gasteiger partial charge is 0.322 e. The summed E-state index contributed by atoms with van der Waals surface area (Å²) < 4.78 is 14.8. The number of amides is 1. The zero-order valence-electron chi connectivity index (χ0n) is 13.8. The van der Waals surface area contributed by atoms with Gasteiger partial charge in [-0.15, -0.1) is 0 Å². The van der Waals surface area contributed by atoms with E-state index in [4.69, 9.17) is 11.6 Å². The Morgan fingerprint density at radius 1 is 1.15 bits per heavy atom. The van der Waals surface area contributed by atoms with Crippen molar-refractivity contribution in [3.05, 3.63) is 81.9 Å². The molecule has 0 saturated carbocycles. The van der Waals surface area contributed by atoms with Crippen LogP contribution in [0.15, 0.2) is 65.5 Å². The monoisotopic (exact) mass is 371 g/mol. The van der Waals surface area contributed by atoms with Crippen molar-refractivity contribution in [1.29, 1.82) is 0 Å². The maximum absolute atomic E-state index is 13.7. The number of para-hydroxylation sites is 1. The molecule has 0 aliphatic heterocycles. The number of nitrogens with one attached hydrogen (secondary N) is 1. The highest BCUT2D eigenvalue weighted by atomic mass is 35.5. The first-order valence-electron chi connectivity index (χ1n) is 7.87. The Bertz CT molecular complexity index is 1020. The van der Waals surface area contributed by atoms with E-state index in [0.717, 1.165) is 4.68 Å². The molecule has 0 radical (unpaired) electrons. The van der Waals surface area contributed by atoms with Crippen LogP contribution >= 0.6 is 11.6 Å². The van der Waals surface area contributed by atoms with Crippen LogP contribution in [0.5, 0.6) is 0 Å². The molecule has 0 saturated heterocycles. The minimum atomic E-state index is -0.929. The summed E-state index contributed by atoms with van der Waals surface area (Å²) in [7, 11) is 0. The quantitative estimate of drug-likeness (QED) is 0.756. The molecule has 2 aromatic carbocycles. The summed E-state index contributed by atoms with van der Waals surface area (Å²) in [6.07, 6.45) is 0. The highest BCUT2D eigenvalue weighted by Crippen LogP contribution is 2.20. The second-order valence-electron chi connectivity index (χ2n) is 5.66. The van der Waals surface area contributed by atoms with Crippen molar-refractivity contribution < 1.29 is 9.18 Å². The number of nitrogens with zero attached hydrogens (tertiary/aromatic N) is 2. The lowest BCUT2D eigenvalue weighted by Crippen LogP contribution is -2.33. The summed E-state index contributed by atoms with van der Waals surface area (Å²) >= 11 is 5.99. The van der Waals surface area contributed by atoms with Gasteiger partial charge in [-0.25, -0.2) is 9.07 Å². The van der Waals surface area contributed by atoms with E-state index in [1.54, 1.807) is 36.4 Å². The summed E-state index contributed by atoms with van der Waals surface area (Å²) in [5.74, 6) is -1.10. The SMILES string of the molecule is CC(C(=O)Nc1ccccc1F)n1nc(-c2cccc(Cl)c2)ccc1=O. The first-order chi connectivity index (χ1) is 12.5. The molecule has 0 aliphatic carbocycles. The molecule has 1 unspecified atom stereocenters. The number of carbonyl (C=O) groups excluding carboxylic acids is 1. The summed E-state index contributed by atoms with van der Waals surface area (Å²) in [5.41, 5.74) is 0.820. The normalized spacial score (nSPS) is 11.8. The molecule has 1 amide bonds. The lowest BCUT2D eigenvalue weighted by Gasteiger charge is -2.15. The summed E-state index contributed by atoms with van der Waals surface area (Å²) in [5, 5.41) is 7.26. The van der Waals surface area contributed by atoms with Gasteiger partial charge >= 0.3 is 0 Å². The Morgan fingerprint density at radius 2 is 1.92 bits per heavy atom. The second-order valence-corrected chi connectivity index (χ2v) is 6.09. The van der Waals surface area contributed by atoms with Crippen LogP contribution in [0.25, 0.3) is 11.3 Å². The molecular formula is C19H15ClFN3O2. The summed E-state index contributed by atoms with van der Waals surface area (Å²) in [6, 6.07) is 14.8. The van der Waals surface area contributed by atoms with E-state index < -0.39 is 23.3 Å². The number of benzene rings is 2. The standard InChI is InChI=1S/C19H15ClFN3O2/c1-12(19(26)22-17-8-3-2-7-15(17)21)24-18(25)10-9-16(23-24)13-5-4-6-14(20)11-13/h2-12H,1H3,(H,22,26). The van der Waals surface area contributed by atoms with Crippen LogP contribution in [0.3, 0.4) is 0 Å². The Hall–Kier alpha value is -2.99. The summed E-state index contributed by atoms with van der Waals surface area (Å²) in [4.78, 5) is 24.6. The van der Waals surface area contributed by atoms with Crippen molar-refractivity contribution >= 4 is 23.2 Å². The molecule has 7 heteroatoms. The molecule has 1 N–H and O–H groups in total. The van der Waals surface area contributed by atoms with Crippen LogP contribution in [-0.4, -0.2) is 15.7 Å². The van der Waals surface area contributed by atoms with Gasteiger partial charge in [0.2, 0.25) is 5.91 Å². The van der Waals surface area contributed by atoms with Crippen LogP contribution in [0.2, 0.25) is 5.02 Å². The molecule has 1 atom stereocenters. The Morgan fingerprint density at radius 3 is 2.65 bits per heavy atom. The smallest absolute Gasteiger partial charge is 0.267 e. The van der Waals surface area contributed by atoms with Crippen molar-refractivity contribution in [3.63, 3.8) is 0 Å². The Balaban J connectivity index is 1.90. The minimum absolute atomic E-state index is 0.0448. The molecule has 0 fully saturated rings. The average molecular weight is 372 g/mol. The lowest BCUT2D eigenvalue weighted by atomic mass is 10.1. The van der Waals surface area contributed by atoms with E-state index in [-0.39, 0.29) is 5.69 Å². The third kappa shape index (κ3) is 3.81. The van der Waals surface area contributed by atoms with Gasteiger partial charge in [0.25, 0.3) is 5.56 Å². The van der Waals surface area contributed by atoms with Gasteiger partial charge in [0.15, 0.2) is 0 Å². The zero-order valence-corrected chi connectivity index (χ0v) is 14.6. The first-order valence-corrected chi connectivity index (χ1v) is 8.25. The van der Waals surface area contributed by atoms with E-state index >= 15 is 0 Å². The van der Waals surface area contributed by atoms with E-state index in [0.29, 0.717) is 16.3 Å². The number of hydrogen-bond donors (Lipinski definition) is 1. The molecule has 0 spiro atoms. The van der Waals surface area contributed by atoms with Crippen molar-refractivity contribution in [1.82, 2.24) is 9.78 Å². The second kappa shape index (κ2) is 7.49. The fraction of sp³-hybridized carbons (Fsp3) is 0.105. The third-order valence-corrected chi connectivity index (χ3v) is 4.06. The number of anilines is 1. The highest BCUT2D eigenvalue weighted by molar-refractivity contribution is 6.30. The molecule has 3 aromatic rings. The van der Waals surface area contributed by atoms with Gasteiger partial charge in [0.1, 0.15) is 11.9 Å². The van der Waals surface area contributed by atoms with Gasteiger partial charge in [-0.05, 0) is 37.3 Å². The third-order valence-electron chi connectivity index (χ3n) is 3.82. The molecule has 132 valence electrons. The average Bonchev–Trinajstić information content (AvgIpc) is 2.63. The van der Waals surface area contributed by atoms with E-state index in [2.05, 4.69) is 10.4 Å². The molecule has 1 heterocycles. The number of rotatable bonds is 4. The highest BCUT2D eigenvalue weighted by Gasteiger charge is 2.19. The van der Waals surface area contributed by atoms with Gasteiger partial charge < -0.3 is 5.32 Å². The maximum atomic E-state index is 13.7. The first kappa shape index (κ1) is 17.8. The molecule has 0 bridgehead atoms. The van der Waals surface area contributed by atoms with Gasteiger partial charge in [-0.1, -0.05) is 35.9 Å². The van der Waals surface area contributed by atoms with Gasteiger partial charge in [-0.2, -0.15) is 5.10 Å². The van der Waals surface area contributed by atoms with E-state index in [1.165, 1.54) is 31.2 Å². The van der Waals surface area contributed by atoms with Crippen LogP contribution in [0.1, 0.15) is 13.0 Å². The maximum Gasteiger partial charge on any atom is 0.267 e. The van der Waals surface area contributed by atoms with Crippen molar-refractivity contribution in [3.8, 4) is 11.3 Å². The number of aromatic nitrogens is 2. The van der Waals surface area contributed by atoms with Gasteiger partial charge in [-0.3, -0.25) is 9.59 Å². The van der Waals surface area contributed by atoms with Crippen LogP contribution in [0.4, 0.5) is 10.1 Å². The zero-order chi connectivity index (χ0) is 18.7. The molecule has 0 aliphatic rings. The fourth-order valence-corrected chi connectivity index (χ4v) is 2.61. The van der Waals surface area contributed by atoms with Crippen molar-refractivity contribution in [2.75, 3.05) is 5.32 Å². The number of carbonyl (C=O) groups is 1. The molecule has 5 nitrogen and oxygen atoms in total. The molecular weight excluding hydrogens is 357 g/mol. The minimum Gasteiger partial charge on any atom is -0.322 e. The van der Waals surface area contributed by atoms with E-state index in [1.807, 2.05) is 0 Å². The molecule has 26 heavy (non-hydrogen) atoms. The van der Waals surface area contributed by atoms with Crippen LogP contribution in [-0.2, 0) is 4.79 Å². The topological polar surface area (TPSA) is 64.0 Å². The fourth-order valence-electron chi connectivity index (χ4n) is 2.42. The Kier molecular flexibility index (Phi) is 5.14. The molecule has 1 aromatic heterocycles. The number of halogens is 2. The predicted octanol–water partition coefficient (Wildman–Crippen LogP) is 3.90. The van der Waals surface area contributed by atoms with Crippen LogP contribution < -0.4 is 10.9 Å². The van der Waals surface area contributed by atoms with Crippen molar-refractivity contribution in [2.24, 2.45) is 0 Å².